The van der Waals surface area contributed by atoms with Crippen molar-refractivity contribution in [1.82, 2.24) is 14.4 Å². The van der Waals surface area contributed by atoms with Crippen molar-refractivity contribution < 1.29 is 30.0 Å². The summed E-state index contributed by atoms with van der Waals surface area (Å²) in [7, 11) is 0. The summed E-state index contributed by atoms with van der Waals surface area (Å²) in [5, 5.41) is 15.7. The van der Waals surface area contributed by atoms with Crippen LogP contribution in [0.25, 0.3) is 60.4 Å². The van der Waals surface area contributed by atoms with Crippen LogP contribution < -0.4 is 0 Å². The van der Waals surface area contributed by atoms with E-state index in [0.29, 0.717) is 5.92 Å². The first-order valence-corrected chi connectivity index (χ1v) is 17.8. The summed E-state index contributed by atoms with van der Waals surface area (Å²) in [6.45, 7) is 12.6. The molecular weight excluding hydrogens is 795 g/mol. The molecule has 0 aliphatic carbocycles. The molecule has 0 atom stereocenters. The van der Waals surface area contributed by atoms with E-state index in [4.69, 9.17) is 9.97 Å². The maximum Gasteiger partial charge on any atom is 0.162 e. The molecule has 0 bridgehead atoms. The first-order valence-electron chi connectivity index (χ1n) is 17.8. The standard InChI is InChI=1S/C31H22N3.C13H24O2.Ir/c1-19(2)26-18-21(17-20-9-3-4-10-22(20)26)29-30-27(15-16-32-29)33-31-25-13-6-5-11-23(25)24-12-7-8-14-28(24)34(30)31;1-5-10(6-2)12(14)9-13(15)11(7-3)8-4;/h3-16,18-19H,1-2H3;9-11,14H,5-8H2,1-4H3;/q-1;;/b;12-9-;. The van der Waals surface area contributed by atoms with Gasteiger partial charge in [0, 0.05) is 60.7 Å². The van der Waals surface area contributed by atoms with Gasteiger partial charge in [0.05, 0.1) is 22.3 Å². The van der Waals surface area contributed by atoms with E-state index in [1.807, 2.05) is 40.0 Å². The number of benzene rings is 4. The zero-order valence-corrected chi connectivity index (χ0v) is 32.2. The zero-order valence-electron chi connectivity index (χ0n) is 29.8. The number of hydrogen-bond acceptors (Lipinski definition) is 4. The Kier molecular flexibility index (Phi) is 11.9. The van der Waals surface area contributed by atoms with Gasteiger partial charge < -0.3 is 5.11 Å². The number of nitrogens with zero attached hydrogens (tertiary/aromatic N) is 3. The monoisotopic (exact) mass is 841 g/mol. The van der Waals surface area contributed by atoms with Crippen LogP contribution in [0.1, 0.15) is 78.7 Å². The fraction of sp³-hybridized carbons (Fsp3) is 0.295. The number of imidazole rings is 1. The number of pyridine rings is 2. The van der Waals surface area contributed by atoms with E-state index in [1.165, 1.54) is 27.8 Å². The Balaban J connectivity index is 0.000000261. The molecule has 0 unspecified atom stereocenters. The smallest absolute Gasteiger partial charge is 0.162 e. The average Bonchev–Trinajstić information content (AvgIpc) is 3.53. The maximum absolute atomic E-state index is 11.7. The number of hydrogen-bond donors (Lipinski definition) is 1. The molecule has 3 aromatic heterocycles. The largest absolute Gasteiger partial charge is 0.512 e. The van der Waals surface area contributed by atoms with Gasteiger partial charge in [-0.3, -0.25) is 14.2 Å². The van der Waals surface area contributed by atoms with Crippen LogP contribution >= 0.6 is 0 Å². The quantitative estimate of drug-likeness (QED) is 0.0680. The topological polar surface area (TPSA) is 67.5 Å². The molecule has 5 nitrogen and oxygen atoms in total. The summed E-state index contributed by atoms with van der Waals surface area (Å²) in [5.74, 6) is 0.940. The van der Waals surface area contributed by atoms with Crippen LogP contribution in [0.4, 0.5) is 0 Å². The van der Waals surface area contributed by atoms with Gasteiger partial charge in [-0.1, -0.05) is 113 Å². The van der Waals surface area contributed by atoms with Crippen LogP contribution in [0.5, 0.6) is 0 Å². The number of fused-ring (bicyclic) bond motifs is 9. The zero-order chi connectivity index (χ0) is 34.7. The van der Waals surface area contributed by atoms with Crippen LogP contribution in [-0.2, 0) is 24.9 Å². The van der Waals surface area contributed by atoms with E-state index < -0.39 is 0 Å². The second kappa shape index (κ2) is 16.1. The van der Waals surface area contributed by atoms with Gasteiger partial charge in [0.15, 0.2) is 5.78 Å². The summed E-state index contributed by atoms with van der Waals surface area (Å²) in [4.78, 5) is 21.7. The molecule has 0 fully saturated rings. The average molecular weight is 841 g/mol. The van der Waals surface area contributed by atoms with Gasteiger partial charge >= 0.3 is 0 Å². The number of ketones is 1. The van der Waals surface area contributed by atoms with Gasteiger partial charge in [-0.25, -0.2) is 4.98 Å². The summed E-state index contributed by atoms with van der Waals surface area (Å²) >= 11 is 0. The number of aliphatic hydroxyl groups is 1. The molecule has 7 aromatic rings. The minimum absolute atomic E-state index is 0. The van der Waals surface area contributed by atoms with Crippen molar-refractivity contribution in [1.29, 1.82) is 0 Å². The van der Waals surface area contributed by atoms with E-state index in [0.717, 1.165) is 69.9 Å². The van der Waals surface area contributed by atoms with Crippen LogP contribution in [-0.4, -0.2) is 25.3 Å². The van der Waals surface area contributed by atoms with Crippen molar-refractivity contribution in [3.05, 3.63) is 115 Å². The Morgan fingerprint density at radius 3 is 2.06 bits per heavy atom. The molecule has 0 aliphatic heterocycles. The Morgan fingerprint density at radius 2 is 1.40 bits per heavy atom. The molecule has 0 amide bonds. The molecule has 259 valence electrons. The Morgan fingerprint density at radius 1 is 0.800 bits per heavy atom. The number of carbonyl (C=O) groups excluding carboxylic acids is 1. The van der Waals surface area contributed by atoms with E-state index in [2.05, 4.69) is 103 Å². The fourth-order valence-electron chi connectivity index (χ4n) is 7.09. The third-order valence-corrected chi connectivity index (χ3v) is 9.93. The van der Waals surface area contributed by atoms with Gasteiger partial charge in [0.1, 0.15) is 5.65 Å². The Bertz CT molecular complexity index is 2310. The van der Waals surface area contributed by atoms with Crippen molar-refractivity contribution in [2.24, 2.45) is 11.8 Å². The predicted molar refractivity (Wildman–Crippen MR) is 205 cm³/mol. The van der Waals surface area contributed by atoms with Crippen LogP contribution in [0.3, 0.4) is 0 Å². The number of aromatic nitrogens is 3. The van der Waals surface area contributed by atoms with E-state index in [-0.39, 0.29) is 43.5 Å². The van der Waals surface area contributed by atoms with Crippen molar-refractivity contribution in [3.63, 3.8) is 0 Å². The molecule has 3 heterocycles. The Hall–Kier alpha value is -4.38. The number of rotatable bonds is 9. The van der Waals surface area contributed by atoms with Crippen LogP contribution in [0.2, 0.25) is 0 Å². The number of allylic oxidation sites excluding steroid dienone is 2. The van der Waals surface area contributed by atoms with Crippen LogP contribution in [0.15, 0.2) is 103 Å². The molecule has 50 heavy (non-hydrogen) atoms. The molecule has 6 heteroatoms. The van der Waals surface area contributed by atoms with Crippen molar-refractivity contribution >= 4 is 54.9 Å². The minimum atomic E-state index is 0. The van der Waals surface area contributed by atoms with Crippen LogP contribution in [0, 0.1) is 17.9 Å². The molecule has 1 radical (unpaired) electrons. The summed E-state index contributed by atoms with van der Waals surface area (Å²) in [6, 6.07) is 33.5. The van der Waals surface area contributed by atoms with Gasteiger partial charge in [-0.15, -0.1) is 29.1 Å². The van der Waals surface area contributed by atoms with E-state index in [1.54, 1.807) is 0 Å². The van der Waals surface area contributed by atoms with Gasteiger partial charge in [-0.2, -0.15) is 0 Å². The molecule has 7 rings (SSSR count). The minimum Gasteiger partial charge on any atom is -0.512 e. The van der Waals surface area contributed by atoms with Crippen molar-refractivity contribution in [2.45, 2.75) is 73.1 Å². The van der Waals surface area contributed by atoms with E-state index in [9.17, 15) is 9.90 Å². The van der Waals surface area contributed by atoms with E-state index >= 15 is 0 Å². The molecule has 1 N–H and O–H groups in total. The normalized spacial score (nSPS) is 12.0. The molecule has 4 aromatic carbocycles. The first kappa shape index (κ1) is 36.9. The SMILES string of the molecule is CC(C)c1cc(-c2nccc3nc4c5ccccc5c5ccccc5n4c23)[c-]c2ccccc12.CCC(CC)C(=O)/C=C(\O)C(CC)CC.[Ir]. The first-order chi connectivity index (χ1) is 23.8. The van der Waals surface area contributed by atoms with Crippen molar-refractivity contribution in [3.8, 4) is 11.3 Å². The number of para-hydroxylation sites is 1. The molecule has 0 saturated carbocycles. The fourth-order valence-corrected chi connectivity index (χ4v) is 7.09. The Labute approximate surface area is 308 Å². The number of carbonyl (C=O) groups is 1. The molecular formula is C44H46IrN3O2-. The van der Waals surface area contributed by atoms with Gasteiger partial charge in [0.2, 0.25) is 0 Å². The second-order valence-electron chi connectivity index (χ2n) is 13.2. The summed E-state index contributed by atoms with van der Waals surface area (Å²) < 4.78 is 2.29. The summed E-state index contributed by atoms with van der Waals surface area (Å²) in [6.07, 6.45) is 6.77. The molecule has 0 spiro atoms. The predicted octanol–water partition coefficient (Wildman–Crippen LogP) is 11.8. The third kappa shape index (κ3) is 6.97. The molecule has 0 saturated heterocycles. The second-order valence-corrected chi connectivity index (χ2v) is 13.2. The van der Waals surface area contributed by atoms with Gasteiger partial charge in [-0.05, 0) is 49.1 Å². The summed E-state index contributed by atoms with van der Waals surface area (Å²) in [5.41, 5.74) is 7.30. The molecule has 0 aliphatic rings. The third-order valence-electron chi connectivity index (χ3n) is 9.93. The van der Waals surface area contributed by atoms with Crippen molar-refractivity contribution in [2.75, 3.05) is 0 Å². The van der Waals surface area contributed by atoms with Gasteiger partial charge in [0.25, 0.3) is 0 Å². The maximum atomic E-state index is 11.7. The number of aliphatic hydroxyl groups excluding tert-OH is 1.